The monoisotopic (exact) mass is 515 g/mol. The highest BCUT2D eigenvalue weighted by Gasteiger charge is 2.52. The standard InChI is InChI=1S/C25H29N3O7S/c1-34-17-4-5-21(20(14-17)35-2)36(32,33)27-16-12-18(15-6-10-28(11-7-15)24(30)31)22-19(13-16)25(8-3-9-25)23(29)26-22/h4-5,12-15,27H,3,6-11H2,1-2H3,(H,26,29)(H,30,31). The number of amides is 2. The molecule has 2 aromatic rings. The van der Waals surface area contributed by atoms with Crippen molar-refractivity contribution in [2.24, 2.45) is 0 Å². The zero-order chi connectivity index (χ0) is 25.7. The minimum absolute atomic E-state index is 0.00940. The smallest absolute Gasteiger partial charge is 0.407 e. The summed E-state index contributed by atoms with van der Waals surface area (Å²) >= 11 is 0. The number of carbonyl (C=O) groups excluding carboxylic acids is 1. The number of rotatable bonds is 6. The van der Waals surface area contributed by atoms with Gasteiger partial charge >= 0.3 is 6.09 Å². The molecule has 2 aliphatic heterocycles. The first-order valence-corrected chi connectivity index (χ1v) is 13.4. The molecule has 0 unspecified atom stereocenters. The van der Waals surface area contributed by atoms with E-state index in [2.05, 4.69) is 10.0 Å². The van der Waals surface area contributed by atoms with E-state index in [1.54, 1.807) is 18.2 Å². The number of sulfonamides is 1. The Balaban J connectivity index is 1.54. The Morgan fingerprint density at radius 1 is 1.14 bits per heavy atom. The van der Waals surface area contributed by atoms with E-state index >= 15 is 0 Å². The molecule has 3 aliphatic rings. The van der Waals surface area contributed by atoms with Crippen LogP contribution in [0.25, 0.3) is 0 Å². The Kier molecular flexibility index (Phi) is 5.98. The van der Waals surface area contributed by atoms with Crippen LogP contribution in [0.3, 0.4) is 0 Å². The molecule has 192 valence electrons. The number of carbonyl (C=O) groups is 2. The molecule has 5 rings (SSSR count). The third kappa shape index (κ3) is 3.91. The SMILES string of the molecule is COc1ccc(S(=O)(=O)Nc2cc(C3CCN(C(=O)O)CC3)c3c(c2)C2(CCC2)C(=O)N3)c(OC)c1. The third-order valence-corrected chi connectivity index (χ3v) is 9.10. The van der Waals surface area contributed by atoms with Gasteiger partial charge in [-0.3, -0.25) is 9.52 Å². The molecule has 2 aromatic carbocycles. The second-order valence-electron chi connectivity index (χ2n) is 9.54. The van der Waals surface area contributed by atoms with Crippen LogP contribution in [0.1, 0.15) is 49.1 Å². The van der Waals surface area contributed by atoms with Crippen molar-refractivity contribution in [1.29, 1.82) is 0 Å². The summed E-state index contributed by atoms with van der Waals surface area (Å²) in [5, 5.41) is 12.4. The second kappa shape index (κ2) is 8.88. The molecule has 2 amide bonds. The Labute approximate surface area is 209 Å². The average molecular weight is 516 g/mol. The van der Waals surface area contributed by atoms with E-state index in [4.69, 9.17) is 9.47 Å². The number of benzene rings is 2. The van der Waals surface area contributed by atoms with Crippen molar-refractivity contribution >= 4 is 33.4 Å². The lowest BCUT2D eigenvalue weighted by molar-refractivity contribution is -0.123. The van der Waals surface area contributed by atoms with Crippen molar-refractivity contribution in [2.45, 2.75) is 48.3 Å². The Morgan fingerprint density at radius 3 is 2.44 bits per heavy atom. The van der Waals surface area contributed by atoms with Gasteiger partial charge in [-0.15, -0.1) is 0 Å². The number of ether oxygens (including phenoxy) is 2. The lowest BCUT2D eigenvalue weighted by atomic mass is 9.64. The number of anilines is 2. The van der Waals surface area contributed by atoms with Crippen LogP contribution < -0.4 is 19.5 Å². The maximum atomic E-state index is 13.4. The fraction of sp³-hybridized carbons (Fsp3) is 0.440. The van der Waals surface area contributed by atoms with E-state index in [9.17, 15) is 23.1 Å². The molecule has 1 spiro atoms. The summed E-state index contributed by atoms with van der Waals surface area (Å²) in [5.41, 5.74) is 2.14. The largest absolute Gasteiger partial charge is 0.497 e. The molecule has 10 nitrogen and oxygen atoms in total. The molecule has 36 heavy (non-hydrogen) atoms. The summed E-state index contributed by atoms with van der Waals surface area (Å²) in [6.45, 7) is 0.764. The van der Waals surface area contributed by atoms with Crippen molar-refractivity contribution in [2.75, 3.05) is 37.3 Å². The highest BCUT2D eigenvalue weighted by Crippen LogP contribution is 2.54. The number of hydrogen-bond acceptors (Lipinski definition) is 6. The van der Waals surface area contributed by atoms with Crippen LogP contribution in [0.4, 0.5) is 16.2 Å². The number of likely N-dealkylation sites (tertiary alicyclic amines) is 1. The van der Waals surface area contributed by atoms with Gasteiger partial charge in [-0.1, -0.05) is 6.42 Å². The third-order valence-electron chi connectivity index (χ3n) is 7.68. The number of nitrogens with zero attached hydrogens (tertiary/aromatic N) is 1. The van der Waals surface area contributed by atoms with Gasteiger partial charge in [0.2, 0.25) is 5.91 Å². The van der Waals surface area contributed by atoms with E-state index in [1.807, 2.05) is 0 Å². The van der Waals surface area contributed by atoms with Gasteiger partial charge in [0.25, 0.3) is 10.0 Å². The maximum Gasteiger partial charge on any atom is 0.407 e. The molecule has 2 heterocycles. The molecule has 0 atom stereocenters. The molecule has 2 fully saturated rings. The predicted octanol–water partition coefficient (Wildman–Crippen LogP) is 3.74. The summed E-state index contributed by atoms with van der Waals surface area (Å²) in [4.78, 5) is 25.7. The van der Waals surface area contributed by atoms with Crippen LogP contribution in [-0.4, -0.2) is 57.7 Å². The average Bonchev–Trinajstić information content (AvgIpc) is 3.14. The molecule has 0 aromatic heterocycles. The number of nitrogens with one attached hydrogen (secondary N) is 2. The van der Waals surface area contributed by atoms with Gasteiger partial charge in [0, 0.05) is 30.5 Å². The van der Waals surface area contributed by atoms with Gasteiger partial charge in [0.05, 0.1) is 19.6 Å². The summed E-state index contributed by atoms with van der Waals surface area (Å²) in [5.74, 6) is 0.557. The first-order valence-electron chi connectivity index (χ1n) is 11.9. The maximum absolute atomic E-state index is 13.4. The van der Waals surface area contributed by atoms with Crippen molar-refractivity contribution < 1.29 is 32.6 Å². The molecule has 0 radical (unpaired) electrons. The summed E-state index contributed by atoms with van der Waals surface area (Å²) in [6.07, 6.45) is 2.58. The fourth-order valence-corrected chi connectivity index (χ4v) is 6.73. The van der Waals surface area contributed by atoms with Crippen LogP contribution in [0.5, 0.6) is 11.5 Å². The first kappa shape index (κ1) is 24.2. The molecule has 1 saturated heterocycles. The van der Waals surface area contributed by atoms with Gasteiger partial charge < -0.3 is 24.8 Å². The molecular weight excluding hydrogens is 486 g/mol. The van der Waals surface area contributed by atoms with E-state index < -0.39 is 21.5 Å². The number of methoxy groups -OCH3 is 2. The van der Waals surface area contributed by atoms with Crippen LogP contribution in [0.2, 0.25) is 0 Å². The molecule has 11 heteroatoms. The molecule has 0 bridgehead atoms. The van der Waals surface area contributed by atoms with Crippen LogP contribution in [0.15, 0.2) is 35.2 Å². The molecular formula is C25H29N3O7S. The van der Waals surface area contributed by atoms with Crippen LogP contribution in [-0.2, 0) is 20.2 Å². The number of carboxylic acid groups (broad SMARTS) is 1. The highest BCUT2D eigenvalue weighted by molar-refractivity contribution is 7.92. The van der Waals surface area contributed by atoms with Crippen molar-refractivity contribution in [1.82, 2.24) is 4.90 Å². The lowest BCUT2D eigenvalue weighted by Crippen LogP contribution is -2.40. The van der Waals surface area contributed by atoms with Crippen LogP contribution in [0, 0.1) is 0 Å². The lowest BCUT2D eigenvalue weighted by Gasteiger charge is -2.36. The Hall–Kier alpha value is -3.47. The van der Waals surface area contributed by atoms with Gasteiger partial charge in [0.1, 0.15) is 16.4 Å². The van der Waals surface area contributed by atoms with Gasteiger partial charge in [-0.2, -0.15) is 0 Å². The number of hydrogen-bond donors (Lipinski definition) is 3. The molecule has 3 N–H and O–H groups in total. The van der Waals surface area contributed by atoms with Crippen molar-refractivity contribution in [3.63, 3.8) is 0 Å². The summed E-state index contributed by atoms with van der Waals surface area (Å²) in [7, 11) is -1.15. The van der Waals surface area contributed by atoms with Gasteiger partial charge in [0.15, 0.2) is 0 Å². The molecule has 1 aliphatic carbocycles. The van der Waals surface area contributed by atoms with Gasteiger partial charge in [-0.25, -0.2) is 13.2 Å². The second-order valence-corrected chi connectivity index (χ2v) is 11.2. The van der Waals surface area contributed by atoms with E-state index in [1.165, 1.54) is 31.3 Å². The number of fused-ring (bicyclic) bond motifs is 2. The Morgan fingerprint density at radius 2 is 1.86 bits per heavy atom. The normalized spacial score (nSPS) is 18.8. The zero-order valence-corrected chi connectivity index (χ0v) is 21.0. The van der Waals surface area contributed by atoms with Crippen molar-refractivity contribution in [3.05, 3.63) is 41.5 Å². The topological polar surface area (TPSA) is 134 Å². The number of piperidine rings is 1. The van der Waals surface area contributed by atoms with Gasteiger partial charge in [-0.05, 0) is 67.0 Å². The highest BCUT2D eigenvalue weighted by atomic mass is 32.2. The predicted molar refractivity (Wildman–Crippen MR) is 133 cm³/mol. The fourth-order valence-electron chi connectivity index (χ4n) is 5.53. The minimum Gasteiger partial charge on any atom is -0.497 e. The zero-order valence-electron chi connectivity index (χ0n) is 20.2. The van der Waals surface area contributed by atoms with E-state index in [0.717, 1.165) is 23.2 Å². The van der Waals surface area contributed by atoms with Crippen molar-refractivity contribution in [3.8, 4) is 11.5 Å². The summed E-state index contributed by atoms with van der Waals surface area (Å²) in [6, 6.07) is 8.01. The summed E-state index contributed by atoms with van der Waals surface area (Å²) < 4.78 is 40.0. The minimum atomic E-state index is -4.03. The Bertz CT molecular complexity index is 1330. The van der Waals surface area contributed by atoms with E-state index in [-0.39, 0.29) is 22.5 Å². The molecule has 1 saturated carbocycles. The quantitative estimate of drug-likeness (QED) is 0.534. The van der Waals surface area contributed by atoms with Crippen LogP contribution >= 0.6 is 0 Å². The first-order chi connectivity index (χ1) is 17.2. The van der Waals surface area contributed by atoms with E-state index in [0.29, 0.717) is 50.2 Å².